The van der Waals surface area contributed by atoms with Gasteiger partial charge in [-0.25, -0.2) is 0 Å². The highest BCUT2D eigenvalue weighted by Crippen LogP contribution is 2.22. The predicted molar refractivity (Wildman–Crippen MR) is 79.7 cm³/mol. The SMILES string of the molecule is CCCC(N)C(=O)NC1CCN(c2cc(C)nn2C)C1=O. The molecule has 2 heterocycles. The van der Waals surface area contributed by atoms with E-state index in [1.165, 1.54) is 0 Å². The van der Waals surface area contributed by atoms with Gasteiger partial charge in [0.1, 0.15) is 11.9 Å². The van der Waals surface area contributed by atoms with Crippen molar-refractivity contribution in [3.05, 3.63) is 11.8 Å². The molecule has 21 heavy (non-hydrogen) atoms. The maximum absolute atomic E-state index is 12.4. The molecule has 0 aromatic carbocycles. The molecule has 1 aromatic rings. The first-order valence-electron chi connectivity index (χ1n) is 7.32. The maximum atomic E-state index is 12.4. The summed E-state index contributed by atoms with van der Waals surface area (Å²) < 4.78 is 1.68. The standard InChI is InChI=1S/C14H23N5O2/c1-4-5-10(15)13(20)16-11-6-7-19(14(11)21)12-8-9(2)17-18(12)3/h8,10-11H,4-7,15H2,1-3H3,(H,16,20). The van der Waals surface area contributed by atoms with Crippen LogP contribution in [0.15, 0.2) is 6.07 Å². The van der Waals surface area contributed by atoms with Crippen molar-refractivity contribution < 1.29 is 9.59 Å². The smallest absolute Gasteiger partial charge is 0.250 e. The normalized spacial score (nSPS) is 19.9. The Hall–Kier alpha value is -1.89. The number of nitrogens with two attached hydrogens (primary N) is 1. The fourth-order valence-corrected chi connectivity index (χ4v) is 2.61. The van der Waals surface area contributed by atoms with Gasteiger partial charge in [-0.2, -0.15) is 5.10 Å². The molecule has 0 radical (unpaired) electrons. The predicted octanol–water partition coefficient (Wildman–Crippen LogP) is 0.0774. The molecule has 2 atom stereocenters. The monoisotopic (exact) mass is 293 g/mol. The van der Waals surface area contributed by atoms with Gasteiger partial charge >= 0.3 is 0 Å². The Balaban J connectivity index is 2.02. The number of aryl methyl sites for hydroxylation is 2. The van der Waals surface area contributed by atoms with E-state index in [1.807, 2.05) is 19.9 Å². The van der Waals surface area contributed by atoms with Crippen LogP contribution in [0.1, 0.15) is 31.9 Å². The number of nitrogens with zero attached hydrogens (tertiary/aromatic N) is 3. The number of anilines is 1. The molecule has 2 amide bonds. The van der Waals surface area contributed by atoms with Crippen LogP contribution < -0.4 is 16.0 Å². The number of rotatable bonds is 5. The van der Waals surface area contributed by atoms with Gasteiger partial charge in [0, 0.05) is 19.7 Å². The number of carbonyl (C=O) groups excluding carboxylic acids is 2. The van der Waals surface area contributed by atoms with Crippen LogP contribution in [0.25, 0.3) is 0 Å². The Bertz CT molecular complexity index is 539. The first-order chi connectivity index (χ1) is 9.93. The minimum atomic E-state index is -0.546. The first kappa shape index (κ1) is 15.5. The lowest BCUT2D eigenvalue weighted by Gasteiger charge is -2.18. The molecule has 0 bridgehead atoms. The van der Waals surface area contributed by atoms with E-state index in [2.05, 4.69) is 10.4 Å². The minimum absolute atomic E-state index is 0.102. The van der Waals surface area contributed by atoms with Crippen LogP contribution >= 0.6 is 0 Å². The fraction of sp³-hybridized carbons (Fsp3) is 0.643. The summed E-state index contributed by atoms with van der Waals surface area (Å²) in [5.41, 5.74) is 6.63. The average molecular weight is 293 g/mol. The lowest BCUT2D eigenvalue weighted by atomic mass is 10.1. The number of hydrogen-bond acceptors (Lipinski definition) is 4. The van der Waals surface area contributed by atoms with Crippen molar-refractivity contribution in [2.75, 3.05) is 11.4 Å². The Morgan fingerprint density at radius 3 is 2.90 bits per heavy atom. The largest absolute Gasteiger partial charge is 0.343 e. The van der Waals surface area contributed by atoms with E-state index in [9.17, 15) is 9.59 Å². The molecule has 3 N–H and O–H groups in total. The summed E-state index contributed by atoms with van der Waals surface area (Å²) in [5.74, 6) is 0.403. The van der Waals surface area contributed by atoms with Crippen LogP contribution in [-0.2, 0) is 16.6 Å². The summed E-state index contributed by atoms with van der Waals surface area (Å²) >= 11 is 0. The summed E-state index contributed by atoms with van der Waals surface area (Å²) in [5, 5.41) is 7.00. The van der Waals surface area contributed by atoms with E-state index in [-0.39, 0.29) is 11.8 Å². The molecule has 116 valence electrons. The van der Waals surface area contributed by atoms with Gasteiger partial charge < -0.3 is 11.1 Å². The van der Waals surface area contributed by atoms with Gasteiger partial charge in [0.15, 0.2) is 0 Å². The molecule has 2 unspecified atom stereocenters. The molecule has 1 aliphatic rings. The molecule has 1 aromatic heterocycles. The highest BCUT2D eigenvalue weighted by molar-refractivity contribution is 6.01. The van der Waals surface area contributed by atoms with Crippen molar-refractivity contribution in [3.8, 4) is 0 Å². The van der Waals surface area contributed by atoms with Gasteiger partial charge in [-0.3, -0.25) is 19.2 Å². The second-order valence-corrected chi connectivity index (χ2v) is 5.50. The average Bonchev–Trinajstić information content (AvgIpc) is 2.93. The quantitative estimate of drug-likeness (QED) is 0.804. The number of carbonyl (C=O) groups is 2. The molecule has 1 aliphatic heterocycles. The highest BCUT2D eigenvalue weighted by atomic mass is 16.2. The summed E-state index contributed by atoms with van der Waals surface area (Å²) in [6, 6.07) is 0.830. The van der Waals surface area contributed by atoms with Gasteiger partial charge in [-0.1, -0.05) is 13.3 Å². The second-order valence-electron chi connectivity index (χ2n) is 5.50. The van der Waals surface area contributed by atoms with Gasteiger partial charge in [-0.15, -0.1) is 0 Å². The molecule has 2 rings (SSSR count). The van der Waals surface area contributed by atoms with Crippen molar-refractivity contribution in [2.45, 2.75) is 45.2 Å². The zero-order chi connectivity index (χ0) is 15.6. The molecule has 1 saturated heterocycles. The van der Waals surface area contributed by atoms with E-state index in [1.54, 1.807) is 16.6 Å². The Morgan fingerprint density at radius 2 is 2.33 bits per heavy atom. The third-order valence-corrected chi connectivity index (χ3v) is 3.71. The first-order valence-corrected chi connectivity index (χ1v) is 7.32. The van der Waals surface area contributed by atoms with E-state index in [4.69, 9.17) is 5.73 Å². The van der Waals surface area contributed by atoms with Gasteiger partial charge in [-0.05, 0) is 19.8 Å². The zero-order valence-electron chi connectivity index (χ0n) is 12.8. The fourth-order valence-electron chi connectivity index (χ4n) is 2.61. The second kappa shape index (κ2) is 6.26. The lowest BCUT2D eigenvalue weighted by molar-refractivity contribution is -0.127. The molecule has 7 heteroatoms. The molecular weight excluding hydrogens is 270 g/mol. The van der Waals surface area contributed by atoms with Crippen molar-refractivity contribution >= 4 is 17.6 Å². The number of amides is 2. The summed E-state index contributed by atoms with van der Waals surface area (Å²) in [6.07, 6.45) is 2.05. The van der Waals surface area contributed by atoms with Crippen LogP contribution in [0.3, 0.4) is 0 Å². The third kappa shape index (κ3) is 3.24. The Labute approximate surface area is 124 Å². The van der Waals surface area contributed by atoms with Gasteiger partial charge in [0.2, 0.25) is 5.91 Å². The van der Waals surface area contributed by atoms with E-state index in [0.29, 0.717) is 19.4 Å². The summed E-state index contributed by atoms with van der Waals surface area (Å²) in [4.78, 5) is 26.0. The van der Waals surface area contributed by atoms with Crippen LogP contribution in [0.2, 0.25) is 0 Å². The van der Waals surface area contributed by atoms with E-state index in [0.717, 1.165) is 17.9 Å². The molecule has 0 saturated carbocycles. The van der Waals surface area contributed by atoms with Crippen LogP contribution in [0, 0.1) is 6.92 Å². The third-order valence-electron chi connectivity index (χ3n) is 3.71. The zero-order valence-corrected chi connectivity index (χ0v) is 12.8. The topological polar surface area (TPSA) is 93.2 Å². The molecule has 0 spiro atoms. The Kier molecular flexibility index (Phi) is 4.62. The number of nitrogens with one attached hydrogen (secondary N) is 1. The maximum Gasteiger partial charge on any atom is 0.250 e. The lowest BCUT2D eigenvalue weighted by Crippen LogP contribution is -2.48. The van der Waals surface area contributed by atoms with E-state index >= 15 is 0 Å². The van der Waals surface area contributed by atoms with Crippen LogP contribution in [0.5, 0.6) is 0 Å². The number of hydrogen-bond donors (Lipinski definition) is 2. The summed E-state index contributed by atoms with van der Waals surface area (Å²) in [7, 11) is 1.80. The van der Waals surface area contributed by atoms with Crippen LogP contribution in [-0.4, -0.2) is 40.2 Å². The van der Waals surface area contributed by atoms with Crippen molar-refractivity contribution in [2.24, 2.45) is 12.8 Å². The minimum Gasteiger partial charge on any atom is -0.343 e. The van der Waals surface area contributed by atoms with Gasteiger partial charge in [0.25, 0.3) is 5.91 Å². The molecule has 1 fully saturated rings. The summed E-state index contributed by atoms with van der Waals surface area (Å²) in [6.45, 7) is 4.43. The molecule has 7 nitrogen and oxygen atoms in total. The van der Waals surface area contributed by atoms with Crippen molar-refractivity contribution in [1.82, 2.24) is 15.1 Å². The van der Waals surface area contributed by atoms with E-state index < -0.39 is 12.1 Å². The van der Waals surface area contributed by atoms with Crippen molar-refractivity contribution in [3.63, 3.8) is 0 Å². The van der Waals surface area contributed by atoms with Crippen molar-refractivity contribution in [1.29, 1.82) is 0 Å². The highest BCUT2D eigenvalue weighted by Gasteiger charge is 2.35. The Morgan fingerprint density at radius 1 is 1.62 bits per heavy atom. The number of aromatic nitrogens is 2. The molecule has 0 aliphatic carbocycles. The van der Waals surface area contributed by atoms with Gasteiger partial charge in [0.05, 0.1) is 11.7 Å². The van der Waals surface area contributed by atoms with Crippen LogP contribution in [0.4, 0.5) is 5.82 Å². The molecular formula is C14H23N5O2.